The molecule has 1 fully saturated rings. The predicted octanol–water partition coefficient (Wildman–Crippen LogP) is 3.39. The van der Waals surface area contributed by atoms with E-state index in [4.69, 9.17) is 0 Å². The number of carbonyl (C=O) groups is 1. The first-order chi connectivity index (χ1) is 11.2. The summed E-state index contributed by atoms with van der Waals surface area (Å²) in [5, 5.41) is 3.02. The molecule has 1 aliphatic heterocycles. The molecule has 5 heteroatoms. The van der Waals surface area contributed by atoms with Gasteiger partial charge in [-0.05, 0) is 24.1 Å². The molecule has 23 heavy (non-hydrogen) atoms. The molecule has 0 radical (unpaired) electrons. The van der Waals surface area contributed by atoms with E-state index in [1.807, 2.05) is 28.8 Å². The van der Waals surface area contributed by atoms with Crippen molar-refractivity contribution in [2.75, 3.05) is 18.1 Å². The molecule has 0 saturated carbocycles. The van der Waals surface area contributed by atoms with Crippen LogP contribution in [0.1, 0.15) is 22.7 Å². The third-order valence-corrected chi connectivity index (χ3v) is 5.04. The van der Waals surface area contributed by atoms with Crippen LogP contribution in [0.15, 0.2) is 48.8 Å². The summed E-state index contributed by atoms with van der Waals surface area (Å²) >= 11 is 1.91. The molecule has 0 bridgehead atoms. The van der Waals surface area contributed by atoms with E-state index in [0.717, 1.165) is 23.6 Å². The van der Waals surface area contributed by atoms with Gasteiger partial charge in [-0.25, -0.2) is 4.79 Å². The molecule has 0 spiro atoms. The van der Waals surface area contributed by atoms with Gasteiger partial charge < -0.3 is 10.2 Å². The minimum Gasteiger partial charge on any atom is -0.334 e. The van der Waals surface area contributed by atoms with E-state index >= 15 is 0 Å². The Morgan fingerprint density at radius 3 is 2.91 bits per heavy atom. The molecule has 0 unspecified atom stereocenters. The lowest BCUT2D eigenvalue weighted by molar-refractivity contribution is 0.182. The summed E-state index contributed by atoms with van der Waals surface area (Å²) in [7, 11) is 0. The second-order valence-electron chi connectivity index (χ2n) is 5.71. The summed E-state index contributed by atoms with van der Waals surface area (Å²) < 4.78 is 0. The minimum absolute atomic E-state index is 0.000252. The van der Waals surface area contributed by atoms with E-state index in [-0.39, 0.29) is 12.1 Å². The van der Waals surface area contributed by atoms with E-state index in [1.54, 1.807) is 12.4 Å². The fourth-order valence-electron chi connectivity index (χ4n) is 2.69. The Labute approximate surface area is 141 Å². The number of carbonyl (C=O) groups excluding carboxylic acids is 1. The van der Waals surface area contributed by atoms with E-state index in [0.29, 0.717) is 6.54 Å². The normalized spacial score (nSPS) is 17.8. The van der Waals surface area contributed by atoms with Gasteiger partial charge in [0.2, 0.25) is 0 Å². The summed E-state index contributed by atoms with van der Waals surface area (Å²) in [6, 6.07) is 12.5. The van der Waals surface area contributed by atoms with Gasteiger partial charge in [0.1, 0.15) is 0 Å². The Hall–Kier alpha value is -2.01. The van der Waals surface area contributed by atoms with Gasteiger partial charge in [0.25, 0.3) is 0 Å². The standard InChI is InChI=1S/C18H21N3OS/c1-14-4-6-16(7-5-14)17-13-23-10-9-21(17)18(22)20-12-15-3-2-8-19-11-15/h2-8,11,17H,9-10,12-13H2,1H3,(H,20,22)/t17-/m0/s1. The molecule has 1 aromatic heterocycles. The molecule has 2 aromatic rings. The number of aromatic nitrogens is 1. The maximum atomic E-state index is 12.6. The summed E-state index contributed by atoms with van der Waals surface area (Å²) in [6.07, 6.45) is 3.52. The lowest BCUT2D eigenvalue weighted by atomic mass is 10.1. The zero-order valence-electron chi connectivity index (χ0n) is 13.2. The maximum absolute atomic E-state index is 12.6. The maximum Gasteiger partial charge on any atom is 0.318 e. The van der Waals surface area contributed by atoms with Crippen LogP contribution in [-0.4, -0.2) is 34.0 Å². The summed E-state index contributed by atoms with van der Waals surface area (Å²) in [5.41, 5.74) is 3.46. The molecule has 1 aromatic carbocycles. The summed E-state index contributed by atoms with van der Waals surface area (Å²) in [6.45, 7) is 3.37. The topological polar surface area (TPSA) is 45.2 Å². The fraction of sp³-hybridized carbons (Fsp3) is 0.333. The summed E-state index contributed by atoms with van der Waals surface area (Å²) in [4.78, 5) is 18.6. The van der Waals surface area contributed by atoms with Crippen LogP contribution in [0.2, 0.25) is 0 Å². The SMILES string of the molecule is Cc1ccc([C@@H]2CSCCN2C(=O)NCc2cccnc2)cc1. The van der Waals surface area contributed by atoms with Crippen LogP contribution >= 0.6 is 11.8 Å². The lowest BCUT2D eigenvalue weighted by Gasteiger charge is -2.35. The van der Waals surface area contributed by atoms with Crippen molar-refractivity contribution < 1.29 is 4.79 Å². The Bertz CT molecular complexity index is 645. The van der Waals surface area contributed by atoms with Crippen molar-refractivity contribution in [3.63, 3.8) is 0 Å². The monoisotopic (exact) mass is 327 g/mol. The first kappa shape index (κ1) is 15.9. The Morgan fingerprint density at radius 2 is 2.17 bits per heavy atom. The fourth-order valence-corrected chi connectivity index (χ4v) is 3.78. The van der Waals surface area contributed by atoms with Crippen molar-refractivity contribution in [2.45, 2.75) is 19.5 Å². The van der Waals surface area contributed by atoms with Gasteiger partial charge in [-0.3, -0.25) is 4.98 Å². The lowest BCUT2D eigenvalue weighted by Crippen LogP contribution is -2.46. The highest BCUT2D eigenvalue weighted by Gasteiger charge is 2.28. The first-order valence-electron chi connectivity index (χ1n) is 7.82. The van der Waals surface area contributed by atoms with Crippen molar-refractivity contribution in [3.8, 4) is 0 Å². The van der Waals surface area contributed by atoms with Gasteiger partial charge in [-0.2, -0.15) is 11.8 Å². The molecule has 2 heterocycles. The number of rotatable bonds is 3. The third-order valence-electron chi connectivity index (χ3n) is 4.02. The molecular weight excluding hydrogens is 306 g/mol. The molecule has 1 aliphatic rings. The van der Waals surface area contributed by atoms with Gasteiger partial charge in [-0.15, -0.1) is 0 Å². The van der Waals surface area contributed by atoms with Crippen molar-refractivity contribution in [1.82, 2.24) is 15.2 Å². The number of aryl methyl sites for hydroxylation is 1. The number of hydrogen-bond acceptors (Lipinski definition) is 3. The number of nitrogens with zero attached hydrogens (tertiary/aromatic N) is 2. The predicted molar refractivity (Wildman–Crippen MR) is 94.4 cm³/mol. The van der Waals surface area contributed by atoms with E-state index < -0.39 is 0 Å². The average Bonchev–Trinajstić information content (AvgIpc) is 2.61. The molecule has 1 atom stereocenters. The first-order valence-corrected chi connectivity index (χ1v) is 8.97. The molecule has 1 N–H and O–H groups in total. The molecule has 120 valence electrons. The molecule has 0 aliphatic carbocycles. The molecule has 1 saturated heterocycles. The van der Waals surface area contributed by atoms with Crippen LogP contribution in [0.3, 0.4) is 0 Å². The van der Waals surface area contributed by atoms with Crippen molar-refractivity contribution in [2.24, 2.45) is 0 Å². The molecule has 4 nitrogen and oxygen atoms in total. The van der Waals surface area contributed by atoms with E-state index in [9.17, 15) is 4.79 Å². The van der Waals surface area contributed by atoms with Crippen LogP contribution < -0.4 is 5.32 Å². The second-order valence-corrected chi connectivity index (χ2v) is 6.86. The van der Waals surface area contributed by atoms with Gasteiger partial charge >= 0.3 is 6.03 Å². The third kappa shape index (κ3) is 4.05. The zero-order valence-corrected chi connectivity index (χ0v) is 14.1. The molecule has 3 rings (SSSR count). The highest BCUT2D eigenvalue weighted by molar-refractivity contribution is 7.99. The van der Waals surface area contributed by atoms with Gasteiger partial charge in [0.05, 0.1) is 6.04 Å². The number of amides is 2. The van der Waals surface area contributed by atoms with Crippen LogP contribution in [0, 0.1) is 6.92 Å². The summed E-state index contributed by atoms with van der Waals surface area (Å²) in [5.74, 6) is 1.94. The highest BCUT2D eigenvalue weighted by Crippen LogP contribution is 2.29. The van der Waals surface area contributed by atoms with Crippen LogP contribution in [0.4, 0.5) is 4.79 Å². The Kier molecular flexibility index (Phi) is 5.18. The second kappa shape index (κ2) is 7.51. The zero-order chi connectivity index (χ0) is 16.1. The smallest absolute Gasteiger partial charge is 0.318 e. The van der Waals surface area contributed by atoms with Crippen LogP contribution in [0.5, 0.6) is 0 Å². The van der Waals surface area contributed by atoms with Crippen LogP contribution in [0.25, 0.3) is 0 Å². The van der Waals surface area contributed by atoms with Crippen molar-refractivity contribution in [1.29, 1.82) is 0 Å². The van der Waals surface area contributed by atoms with Gasteiger partial charge in [0, 0.05) is 37.0 Å². The van der Waals surface area contributed by atoms with Crippen molar-refractivity contribution >= 4 is 17.8 Å². The van der Waals surface area contributed by atoms with Crippen molar-refractivity contribution in [3.05, 3.63) is 65.5 Å². The number of nitrogens with one attached hydrogen (secondary N) is 1. The highest BCUT2D eigenvalue weighted by atomic mass is 32.2. The van der Waals surface area contributed by atoms with E-state index in [1.165, 1.54) is 11.1 Å². The largest absolute Gasteiger partial charge is 0.334 e. The number of pyridine rings is 1. The van der Waals surface area contributed by atoms with Crippen LogP contribution in [-0.2, 0) is 6.54 Å². The number of hydrogen-bond donors (Lipinski definition) is 1. The van der Waals surface area contributed by atoms with Gasteiger partial charge in [0.15, 0.2) is 0 Å². The number of benzene rings is 1. The quantitative estimate of drug-likeness (QED) is 0.940. The van der Waals surface area contributed by atoms with E-state index in [2.05, 4.69) is 41.5 Å². The Balaban J connectivity index is 1.68. The Morgan fingerprint density at radius 1 is 1.35 bits per heavy atom. The van der Waals surface area contributed by atoms with Gasteiger partial charge in [-0.1, -0.05) is 35.9 Å². The molecule has 2 amide bonds. The average molecular weight is 327 g/mol. The minimum atomic E-state index is -0.000252. The number of thioether (sulfide) groups is 1. The number of urea groups is 1. The molecular formula is C18H21N3OS.